The Labute approximate surface area is 112 Å². The van der Waals surface area contributed by atoms with E-state index in [0.717, 1.165) is 0 Å². The Bertz CT molecular complexity index is 475. The summed E-state index contributed by atoms with van der Waals surface area (Å²) in [5.74, 6) is -5.05. The number of carbonyl (C=O) groups excluding carboxylic acids is 2. The quantitative estimate of drug-likeness (QED) is 0.336. The van der Waals surface area contributed by atoms with Gasteiger partial charge in [0.1, 0.15) is 0 Å². The van der Waals surface area contributed by atoms with Crippen LogP contribution < -0.4 is 0 Å². The van der Waals surface area contributed by atoms with Gasteiger partial charge in [-0.1, -0.05) is 13.5 Å². The zero-order valence-electron chi connectivity index (χ0n) is 11.3. The van der Waals surface area contributed by atoms with E-state index in [4.69, 9.17) is 14.0 Å². The average Bonchev–Trinajstić information content (AvgIpc) is 2.12. The predicted molar refractivity (Wildman–Crippen MR) is 66.7 cm³/mol. The van der Waals surface area contributed by atoms with Crippen LogP contribution in [0, 0.1) is 5.92 Å². The predicted octanol–water partition coefficient (Wildman–Crippen LogP) is 0.909. The van der Waals surface area contributed by atoms with E-state index in [1.807, 2.05) is 0 Å². The molecule has 1 atom stereocenters. The smallest absolute Gasteiger partial charge is 0.336 e. The summed E-state index contributed by atoms with van der Waals surface area (Å²) >= 11 is 0. The van der Waals surface area contributed by atoms with Crippen LogP contribution in [0.4, 0.5) is 0 Å². The summed E-state index contributed by atoms with van der Waals surface area (Å²) < 4.78 is 39.6. The first kappa shape index (κ1) is 17.6. The van der Waals surface area contributed by atoms with Gasteiger partial charge >= 0.3 is 11.9 Å². The molecule has 8 heteroatoms. The van der Waals surface area contributed by atoms with Crippen LogP contribution in [0.25, 0.3) is 0 Å². The topological polar surface area (TPSA) is 107 Å². The van der Waals surface area contributed by atoms with Gasteiger partial charge in [-0.05, 0) is 6.92 Å². The third-order valence-corrected chi connectivity index (χ3v) is 2.82. The van der Waals surface area contributed by atoms with E-state index >= 15 is 0 Å². The van der Waals surface area contributed by atoms with Crippen LogP contribution in [0.2, 0.25) is 0 Å². The maximum Gasteiger partial charge on any atom is 0.336 e. The Hall–Kier alpha value is -1.41. The molecule has 0 heterocycles. The minimum atomic E-state index is -4.28. The van der Waals surface area contributed by atoms with Crippen molar-refractivity contribution in [1.29, 1.82) is 0 Å². The van der Waals surface area contributed by atoms with E-state index < -0.39 is 39.5 Å². The zero-order valence-corrected chi connectivity index (χ0v) is 12.1. The lowest BCUT2D eigenvalue weighted by molar-refractivity contribution is -0.215. The fourth-order valence-corrected chi connectivity index (χ4v) is 1.83. The van der Waals surface area contributed by atoms with Gasteiger partial charge in [-0.3, -0.25) is 9.35 Å². The van der Waals surface area contributed by atoms with Crippen molar-refractivity contribution in [2.24, 2.45) is 5.92 Å². The van der Waals surface area contributed by atoms with E-state index in [0.29, 0.717) is 0 Å². The highest BCUT2D eigenvalue weighted by Gasteiger charge is 2.31. The maximum absolute atomic E-state index is 11.6. The lowest BCUT2D eigenvalue weighted by atomic mass is 10.2. The van der Waals surface area contributed by atoms with E-state index in [9.17, 15) is 18.0 Å². The zero-order chi connectivity index (χ0) is 15.4. The second-order valence-electron chi connectivity index (χ2n) is 4.64. The summed E-state index contributed by atoms with van der Waals surface area (Å²) in [5, 5.41) is 0. The SMILES string of the molecule is C=C(C)C(=O)OC(C)(C)OC(=O)C(C)CS(=O)(=O)O. The van der Waals surface area contributed by atoms with E-state index in [1.165, 1.54) is 27.7 Å². The molecule has 1 unspecified atom stereocenters. The molecule has 19 heavy (non-hydrogen) atoms. The molecule has 0 spiro atoms. The van der Waals surface area contributed by atoms with Crippen molar-refractivity contribution >= 4 is 22.1 Å². The van der Waals surface area contributed by atoms with Gasteiger partial charge in [-0.15, -0.1) is 0 Å². The third kappa shape index (κ3) is 7.58. The molecule has 0 aromatic rings. The molecule has 0 fully saturated rings. The fourth-order valence-electron chi connectivity index (χ4n) is 1.06. The number of hydrogen-bond donors (Lipinski definition) is 1. The Morgan fingerprint density at radius 2 is 1.79 bits per heavy atom. The molecule has 0 aliphatic rings. The summed E-state index contributed by atoms with van der Waals surface area (Å²) in [6.45, 7) is 8.73. The molecule has 7 nitrogen and oxygen atoms in total. The standard InChI is InChI=1S/C11H18O7S/c1-7(2)9(12)17-11(4,5)18-10(13)8(3)6-19(14,15)16/h8H,1,6H2,2-5H3,(H,14,15,16). The van der Waals surface area contributed by atoms with Crippen molar-refractivity contribution in [2.45, 2.75) is 33.5 Å². The molecule has 1 N–H and O–H groups in total. The number of rotatable bonds is 6. The summed E-state index contributed by atoms with van der Waals surface area (Å²) in [6.07, 6.45) is 0. The Kier molecular flexibility index (Phi) is 5.70. The number of hydrogen-bond acceptors (Lipinski definition) is 6. The second kappa shape index (κ2) is 6.16. The first-order valence-electron chi connectivity index (χ1n) is 5.41. The minimum absolute atomic E-state index is 0.134. The van der Waals surface area contributed by atoms with Gasteiger partial charge in [0.15, 0.2) is 0 Å². The van der Waals surface area contributed by atoms with Gasteiger partial charge < -0.3 is 9.47 Å². The van der Waals surface area contributed by atoms with Crippen molar-refractivity contribution in [2.75, 3.05) is 5.75 Å². The van der Waals surface area contributed by atoms with Crippen LogP contribution in [0.1, 0.15) is 27.7 Å². The maximum atomic E-state index is 11.6. The third-order valence-electron chi connectivity index (χ3n) is 1.90. The molecule has 110 valence electrons. The monoisotopic (exact) mass is 294 g/mol. The molecule has 0 aromatic heterocycles. The molecule has 0 saturated carbocycles. The molecule has 0 bridgehead atoms. The van der Waals surface area contributed by atoms with Gasteiger partial charge in [0.25, 0.3) is 15.9 Å². The highest BCUT2D eigenvalue weighted by molar-refractivity contribution is 7.85. The molecule has 0 aliphatic heterocycles. The van der Waals surface area contributed by atoms with Crippen molar-refractivity contribution in [3.63, 3.8) is 0 Å². The van der Waals surface area contributed by atoms with Crippen LogP contribution in [0.15, 0.2) is 12.2 Å². The summed E-state index contributed by atoms with van der Waals surface area (Å²) in [7, 11) is -4.28. The summed E-state index contributed by atoms with van der Waals surface area (Å²) in [5.41, 5.74) is 0.134. The Balaban J connectivity index is 4.62. The highest BCUT2D eigenvalue weighted by atomic mass is 32.2. The van der Waals surface area contributed by atoms with Crippen molar-refractivity contribution in [3.05, 3.63) is 12.2 Å². The molecule has 0 aliphatic carbocycles. The number of carbonyl (C=O) groups is 2. The molecule has 0 radical (unpaired) electrons. The van der Waals surface area contributed by atoms with Gasteiger partial charge in [-0.2, -0.15) is 8.42 Å². The van der Waals surface area contributed by atoms with Gasteiger partial charge in [0, 0.05) is 19.4 Å². The average molecular weight is 294 g/mol. The van der Waals surface area contributed by atoms with Crippen LogP contribution in [0.3, 0.4) is 0 Å². The van der Waals surface area contributed by atoms with E-state index in [-0.39, 0.29) is 5.57 Å². The first-order valence-corrected chi connectivity index (χ1v) is 7.02. The molecule has 0 amide bonds. The second-order valence-corrected chi connectivity index (χ2v) is 6.14. The van der Waals surface area contributed by atoms with E-state index in [1.54, 1.807) is 0 Å². The lowest BCUT2D eigenvalue weighted by Gasteiger charge is -2.26. The molecule has 0 aromatic carbocycles. The van der Waals surface area contributed by atoms with Crippen molar-refractivity contribution in [3.8, 4) is 0 Å². The Morgan fingerprint density at radius 3 is 2.16 bits per heavy atom. The summed E-state index contributed by atoms with van der Waals surface area (Å²) in [4.78, 5) is 22.9. The van der Waals surface area contributed by atoms with Crippen molar-refractivity contribution < 1.29 is 32.0 Å². The van der Waals surface area contributed by atoms with Crippen LogP contribution in [-0.4, -0.2) is 36.4 Å². The lowest BCUT2D eigenvalue weighted by Crippen LogP contribution is -2.37. The minimum Gasteiger partial charge on any atom is -0.423 e. The normalized spacial score (nSPS) is 13.5. The van der Waals surface area contributed by atoms with Crippen LogP contribution in [-0.2, 0) is 29.2 Å². The molecule has 0 rings (SSSR count). The number of ether oxygens (including phenoxy) is 2. The van der Waals surface area contributed by atoms with Gasteiger partial charge in [0.05, 0.1) is 11.7 Å². The summed E-state index contributed by atoms with van der Waals surface area (Å²) in [6, 6.07) is 0. The largest absolute Gasteiger partial charge is 0.423 e. The first-order chi connectivity index (χ1) is 8.34. The van der Waals surface area contributed by atoms with Crippen LogP contribution in [0.5, 0.6) is 0 Å². The Morgan fingerprint density at radius 1 is 1.32 bits per heavy atom. The number of esters is 2. The van der Waals surface area contributed by atoms with Crippen molar-refractivity contribution in [1.82, 2.24) is 0 Å². The fraction of sp³-hybridized carbons (Fsp3) is 0.636. The molecule has 0 saturated heterocycles. The molecular weight excluding hydrogens is 276 g/mol. The molecular formula is C11H18O7S. The van der Waals surface area contributed by atoms with Crippen LogP contribution >= 0.6 is 0 Å². The van der Waals surface area contributed by atoms with E-state index in [2.05, 4.69) is 6.58 Å². The van der Waals surface area contributed by atoms with Gasteiger partial charge in [-0.25, -0.2) is 4.79 Å². The highest BCUT2D eigenvalue weighted by Crippen LogP contribution is 2.16. The van der Waals surface area contributed by atoms with Gasteiger partial charge in [0.2, 0.25) is 0 Å².